The Balaban J connectivity index is 1.54. The van der Waals surface area contributed by atoms with Gasteiger partial charge in [-0.25, -0.2) is 9.07 Å². The zero-order valence-electron chi connectivity index (χ0n) is 19.7. The third kappa shape index (κ3) is 4.77. The van der Waals surface area contributed by atoms with Crippen molar-refractivity contribution in [1.82, 2.24) is 14.7 Å². The predicted octanol–water partition coefficient (Wildman–Crippen LogP) is 4.10. The van der Waals surface area contributed by atoms with Gasteiger partial charge in [0.25, 0.3) is 5.91 Å². The minimum atomic E-state index is -0.398. The number of carbonyl (C=O) groups excluding carboxylic acids is 1. The van der Waals surface area contributed by atoms with Gasteiger partial charge in [-0.1, -0.05) is 12.1 Å². The SMILES string of the molecule is N#Cc1ccc(-c2cc(C(=O)N3CCC[C@@H](N)C3)nn2-c2ccc(N3CCCCC3)cc2F)cc1. The molecule has 0 radical (unpaired) electrons. The highest BCUT2D eigenvalue weighted by atomic mass is 19.1. The monoisotopic (exact) mass is 472 g/mol. The molecule has 2 fully saturated rings. The minimum absolute atomic E-state index is 0.0486. The molecule has 2 N–H and O–H groups in total. The molecule has 1 aromatic heterocycles. The number of rotatable bonds is 4. The van der Waals surface area contributed by atoms with Crippen LogP contribution in [0.4, 0.5) is 10.1 Å². The van der Waals surface area contributed by atoms with E-state index >= 15 is 4.39 Å². The van der Waals surface area contributed by atoms with Crippen molar-refractivity contribution in [1.29, 1.82) is 5.26 Å². The minimum Gasteiger partial charge on any atom is -0.371 e. The number of halogens is 1. The Labute approximate surface area is 204 Å². The van der Waals surface area contributed by atoms with E-state index in [9.17, 15) is 4.79 Å². The van der Waals surface area contributed by atoms with Crippen LogP contribution in [0.5, 0.6) is 0 Å². The summed E-state index contributed by atoms with van der Waals surface area (Å²) in [6.45, 7) is 2.96. The Bertz CT molecular complexity index is 1260. The normalized spacial score (nSPS) is 18.4. The molecule has 0 bridgehead atoms. The van der Waals surface area contributed by atoms with Gasteiger partial charge in [0.1, 0.15) is 5.69 Å². The maximum atomic E-state index is 15.5. The molecule has 180 valence electrons. The van der Waals surface area contributed by atoms with Crippen molar-refractivity contribution in [2.45, 2.75) is 38.1 Å². The molecule has 2 aromatic carbocycles. The van der Waals surface area contributed by atoms with E-state index in [1.54, 1.807) is 47.4 Å². The first-order chi connectivity index (χ1) is 17.0. The molecule has 0 unspecified atom stereocenters. The van der Waals surface area contributed by atoms with Gasteiger partial charge in [0.2, 0.25) is 0 Å². The average Bonchev–Trinajstić information content (AvgIpc) is 3.34. The van der Waals surface area contributed by atoms with Gasteiger partial charge in [-0.15, -0.1) is 0 Å². The summed E-state index contributed by atoms with van der Waals surface area (Å²) in [5, 5.41) is 13.7. The summed E-state index contributed by atoms with van der Waals surface area (Å²) < 4.78 is 17.0. The van der Waals surface area contributed by atoms with E-state index in [2.05, 4.69) is 16.1 Å². The van der Waals surface area contributed by atoms with Gasteiger partial charge in [-0.3, -0.25) is 4.79 Å². The highest BCUT2D eigenvalue weighted by Gasteiger charge is 2.26. The van der Waals surface area contributed by atoms with Gasteiger partial charge in [0, 0.05) is 43.5 Å². The smallest absolute Gasteiger partial charge is 0.274 e. The van der Waals surface area contributed by atoms with E-state index in [1.807, 2.05) is 6.07 Å². The zero-order valence-corrected chi connectivity index (χ0v) is 19.7. The Morgan fingerprint density at radius 1 is 1.03 bits per heavy atom. The van der Waals surface area contributed by atoms with Crippen molar-refractivity contribution in [3.63, 3.8) is 0 Å². The van der Waals surface area contributed by atoms with E-state index in [0.29, 0.717) is 24.3 Å². The molecule has 5 rings (SSSR count). The van der Waals surface area contributed by atoms with Crippen LogP contribution in [0, 0.1) is 17.1 Å². The third-order valence-corrected chi connectivity index (χ3v) is 6.86. The number of anilines is 1. The van der Waals surface area contributed by atoms with Gasteiger partial charge in [-0.2, -0.15) is 10.4 Å². The summed E-state index contributed by atoms with van der Waals surface area (Å²) >= 11 is 0. The second-order valence-electron chi connectivity index (χ2n) is 9.35. The summed E-state index contributed by atoms with van der Waals surface area (Å²) in [5.41, 5.74) is 9.32. The molecule has 0 saturated carbocycles. The number of aromatic nitrogens is 2. The summed E-state index contributed by atoms with van der Waals surface area (Å²) in [6.07, 6.45) is 5.16. The van der Waals surface area contributed by atoms with Crippen molar-refractivity contribution < 1.29 is 9.18 Å². The molecule has 3 aromatic rings. The van der Waals surface area contributed by atoms with E-state index in [1.165, 1.54) is 11.1 Å². The van der Waals surface area contributed by atoms with E-state index in [-0.39, 0.29) is 23.3 Å². The third-order valence-electron chi connectivity index (χ3n) is 6.86. The van der Waals surface area contributed by atoms with Crippen LogP contribution in [0.1, 0.15) is 48.2 Å². The van der Waals surface area contributed by atoms with Crippen LogP contribution in [0.3, 0.4) is 0 Å². The van der Waals surface area contributed by atoms with Crippen LogP contribution in [-0.2, 0) is 0 Å². The molecule has 1 amide bonds. The first-order valence-electron chi connectivity index (χ1n) is 12.2. The predicted molar refractivity (Wildman–Crippen MR) is 133 cm³/mol. The van der Waals surface area contributed by atoms with Crippen LogP contribution in [0.15, 0.2) is 48.5 Å². The number of nitrogens with two attached hydrogens (primary N) is 1. The number of nitrogens with zero attached hydrogens (tertiary/aromatic N) is 5. The van der Waals surface area contributed by atoms with Crippen molar-refractivity contribution in [3.8, 4) is 23.0 Å². The lowest BCUT2D eigenvalue weighted by atomic mass is 10.1. The second kappa shape index (κ2) is 9.88. The van der Waals surface area contributed by atoms with Crippen LogP contribution >= 0.6 is 0 Å². The number of carbonyl (C=O) groups is 1. The van der Waals surface area contributed by atoms with Gasteiger partial charge in [-0.05, 0) is 68.5 Å². The van der Waals surface area contributed by atoms with Gasteiger partial charge in [0.15, 0.2) is 11.5 Å². The molecule has 2 aliphatic heterocycles. The summed E-state index contributed by atoms with van der Waals surface area (Å²) in [4.78, 5) is 17.2. The number of piperidine rings is 2. The quantitative estimate of drug-likeness (QED) is 0.617. The molecule has 0 aliphatic carbocycles. The van der Waals surface area contributed by atoms with Crippen LogP contribution < -0.4 is 10.6 Å². The van der Waals surface area contributed by atoms with Crippen molar-refractivity contribution in [2.24, 2.45) is 5.73 Å². The van der Waals surface area contributed by atoms with E-state index < -0.39 is 5.82 Å². The molecule has 35 heavy (non-hydrogen) atoms. The number of hydrogen-bond donors (Lipinski definition) is 1. The number of likely N-dealkylation sites (tertiary alicyclic amines) is 1. The highest BCUT2D eigenvalue weighted by Crippen LogP contribution is 2.29. The van der Waals surface area contributed by atoms with Crippen molar-refractivity contribution in [3.05, 3.63) is 65.6 Å². The number of benzene rings is 2. The molecular formula is C27H29FN6O. The molecule has 2 aliphatic rings. The summed E-state index contributed by atoms with van der Waals surface area (Å²) in [7, 11) is 0. The molecule has 0 spiro atoms. The maximum Gasteiger partial charge on any atom is 0.274 e. The van der Waals surface area contributed by atoms with Crippen LogP contribution in [-0.4, -0.2) is 52.8 Å². The van der Waals surface area contributed by atoms with E-state index in [0.717, 1.165) is 50.0 Å². The fraction of sp³-hybridized carbons (Fsp3) is 0.370. The molecule has 2 saturated heterocycles. The number of amides is 1. The lowest BCUT2D eigenvalue weighted by Crippen LogP contribution is -2.45. The maximum absolute atomic E-state index is 15.5. The largest absolute Gasteiger partial charge is 0.371 e. The first-order valence-corrected chi connectivity index (χ1v) is 12.2. The lowest BCUT2D eigenvalue weighted by molar-refractivity contribution is 0.0702. The van der Waals surface area contributed by atoms with Gasteiger partial charge < -0.3 is 15.5 Å². The zero-order chi connectivity index (χ0) is 24.4. The first kappa shape index (κ1) is 23.1. The fourth-order valence-corrected chi connectivity index (χ4v) is 4.96. The molecular weight excluding hydrogens is 443 g/mol. The van der Waals surface area contributed by atoms with Crippen molar-refractivity contribution >= 4 is 11.6 Å². The highest BCUT2D eigenvalue weighted by molar-refractivity contribution is 5.93. The second-order valence-corrected chi connectivity index (χ2v) is 9.35. The average molecular weight is 473 g/mol. The standard InChI is InChI=1S/C27H29FN6O/c28-23-15-22(32-12-2-1-3-13-32)10-11-25(23)34-26(20-8-6-19(17-29)7-9-20)16-24(31-34)27(35)33-14-4-5-21(30)18-33/h6-11,15-16,21H,1-5,12-14,18,30H2/t21-/m1/s1. The fourth-order valence-electron chi connectivity index (χ4n) is 4.96. The number of hydrogen-bond acceptors (Lipinski definition) is 5. The van der Waals surface area contributed by atoms with Gasteiger partial charge >= 0.3 is 0 Å². The Kier molecular flexibility index (Phi) is 6.51. The Morgan fingerprint density at radius 3 is 2.49 bits per heavy atom. The molecule has 8 heteroatoms. The van der Waals surface area contributed by atoms with Crippen LogP contribution in [0.2, 0.25) is 0 Å². The number of nitriles is 1. The van der Waals surface area contributed by atoms with Crippen molar-refractivity contribution in [2.75, 3.05) is 31.1 Å². The molecule has 7 nitrogen and oxygen atoms in total. The topological polar surface area (TPSA) is 91.2 Å². The van der Waals surface area contributed by atoms with Crippen LogP contribution in [0.25, 0.3) is 16.9 Å². The summed E-state index contributed by atoms with van der Waals surface area (Å²) in [6, 6.07) is 15.9. The van der Waals surface area contributed by atoms with E-state index in [4.69, 9.17) is 11.0 Å². The Morgan fingerprint density at radius 2 is 1.80 bits per heavy atom. The summed E-state index contributed by atoms with van der Waals surface area (Å²) in [5.74, 6) is -0.607. The lowest BCUT2D eigenvalue weighted by Gasteiger charge is -2.30. The van der Waals surface area contributed by atoms with Gasteiger partial charge in [0.05, 0.1) is 17.3 Å². The Hall–Kier alpha value is -3.70. The molecule has 1 atom stereocenters. The molecule has 3 heterocycles.